The second-order valence-corrected chi connectivity index (χ2v) is 6.52. The number of nitrogens with one attached hydrogen (secondary N) is 2. The summed E-state index contributed by atoms with van der Waals surface area (Å²) < 4.78 is 5.06. The van der Waals surface area contributed by atoms with E-state index in [1.165, 1.54) is 0 Å². The van der Waals surface area contributed by atoms with Gasteiger partial charge in [-0.15, -0.1) is 0 Å². The molecule has 8 heteroatoms. The van der Waals surface area contributed by atoms with Gasteiger partial charge in [-0.1, -0.05) is 12.1 Å². The first kappa shape index (κ1) is 18.4. The van der Waals surface area contributed by atoms with Crippen LogP contribution in [-0.2, 0) is 9.53 Å². The number of ether oxygens (including phenoxy) is 1. The van der Waals surface area contributed by atoms with E-state index in [-0.39, 0.29) is 19.6 Å². The molecule has 0 aromatic heterocycles. The highest BCUT2D eigenvalue weighted by Crippen LogP contribution is 2.21. The number of amides is 4. The third-order valence-electron chi connectivity index (χ3n) is 3.30. The van der Waals surface area contributed by atoms with Crippen molar-refractivity contribution in [1.29, 1.82) is 0 Å². The minimum atomic E-state index is -0.598. The first-order valence-corrected chi connectivity index (χ1v) is 7.88. The van der Waals surface area contributed by atoms with Gasteiger partial charge in [-0.25, -0.2) is 4.79 Å². The van der Waals surface area contributed by atoms with Crippen LogP contribution in [0.5, 0.6) is 0 Å². The van der Waals surface area contributed by atoms with Crippen LogP contribution < -0.4 is 10.6 Å². The van der Waals surface area contributed by atoms with Crippen LogP contribution in [0.2, 0.25) is 0 Å². The van der Waals surface area contributed by atoms with Gasteiger partial charge in [-0.05, 0) is 32.9 Å². The van der Waals surface area contributed by atoms with E-state index in [2.05, 4.69) is 10.6 Å². The highest BCUT2D eigenvalue weighted by Gasteiger charge is 2.36. The van der Waals surface area contributed by atoms with E-state index in [4.69, 9.17) is 4.74 Å². The minimum absolute atomic E-state index is 0.154. The molecule has 2 rings (SSSR count). The van der Waals surface area contributed by atoms with E-state index in [0.29, 0.717) is 11.1 Å². The molecule has 0 aliphatic carbocycles. The second kappa shape index (κ2) is 7.33. The number of carbonyl (C=O) groups is 4. The summed E-state index contributed by atoms with van der Waals surface area (Å²) in [5.41, 5.74) is -0.00230. The van der Waals surface area contributed by atoms with Gasteiger partial charge in [0.15, 0.2) is 0 Å². The third-order valence-corrected chi connectivity index (χ3v) is 3.30. The number of rotatable bonds is 5. The van der Waals surface area contributed by atoms with Crippen LogP contribution in [0.1, 0.15) is 41.5 Å². The van der Waals surface area contributed by atoms with Crippen molar-refractivity contribution in [3.05, 3.63) is 35.4 Å². The molecule has 1 aromatic rings. The Morgan fingerprint density at radius 1 is 1.00 bits per heavy atom. The smallest absolute Gasteiger partial charge is 0.407 e. The molecule has 0 spiro atoms. The van der Waals surface area contributed by atoms with Gasteiger partial charge in [0.1, 0.15) is 12.1 Å². The highest BCUT2D eigenvalue weighted by molar-refractivity contribution is 6.22. The maximum atomic E-state index is 12.1. The Hall–Kier alpha value is -2.90. The van der Waals surface area contributed by atoms with Crippen molar-refractivity contribution < 1.29 is 23.9 Å². The quantitative estimate of drug-likeness (QED) is 0.609. The van der Waals surface area contributed by atoms with Crippen LogP contribution in [-0.4, -0.2) is 54.0 Å². The number of benzene rings is 1. The van der Waals surface area contributed by atoms with Crippen molar-refractivity contribution in [2.24, 2.45) is 0 Å². The van der Waals surface area contributed by atoms with Crippen molar-refractivity contribution in [2.45, 2.75) is 26.4 Å². The molecule has 0 bridgehead atoms. The molecule has 0 unspecified atom stereocenters. The molecular weight excluding hydrogens is 326 g/mol. The Morgan fingerprint density at radius 2 is 1.52 bits per heavy atom. The van der Waals surface area contributed by atoms with Crippen LogP contribution in [0, 0.1) is 0 Å². The lowest BCUT2D eigenvalue weighted by Crippen LogP contribution is -2.43. The predicted octanol–water partition coefficient (Wildman–Crippen LogP) is 0.924. The first-order valence-electron chi connectivity index (χ1n) is 7.88. The van der Waals surface area contributed by atoms with Gasteiger partial charge in [0.2, 0.25) is 5.91 Å². The molecule has 1 aliphatic heterocycles. The third kappa shape index (κ3) is 4.79. The lowest BCUT2D eigenvalue weighted by Gasteiger charge is -2.19. The van der Waals surface area contributed by atoms with Crippen molar-refractivity contribution >= 4 is 23.8 Å². The maximum absolute atomic E-state index is 12.1. The van der Waals surface area contributed by atoms with Gasteiger partial charge < -0.3 is 15.4 Å². The fourth-order valence-corrected chi connectivity index (χ4v) is 2.26. The number of carbonyl (C=O) groups excluding carboxylic acids is 4. The summed E-state index contributed by atoms with van der Waals surface area (Å²) in [6.45, 7) is 5.20. The Morgan fingerprint density at radius 3 is 2.04 bits per heavy atom. The molecule has 2 N–H and O–H groups in total. The average molecular weight is 347 g/mol. The largest absolute Gasteiger partial charge is 0.444 e. The van der Waals surface area contributed by atoms with E-state index in [0.717, 1.165) is 4.90 Å². The zero-order valence-electron chi connectivity index (χ0n) is 14.4. The highest BCUT2D eigenvalue weighted by atomic mass is 16.6. The fourth-order valence-electron chi connectivity index (χ4n) is 2.26. The number of hydrogen-bond donors (Lipinski definition) is 2. The standard InChI is InChI=1S/C17H21N3O5/c1-17(2,3)25-16(24)19-9-8-18-13(21)10-20-14(22)11-6-4-5-7-12(11)15(20)23/h4-7H,8-10H2,1-3H3,(H,18,21)(H,19,24). The summed E-state index contributed by atoms with van der Waals surface area (Å²) in [6.07, 6.45) is -0.581. The van der Waals surface area contributed by atoms with Crippen molar-refractivity contribution in [1.82, 2.24) is 15.5 Å². The summed E-state index contributed by atoms with van der Waals surface area (Å²) in [6, 6.07) is 6.43. The fraction of sp³-hybridized carbons (Fsp3) is 0.412. The number of nitrogens with zero attached hydrogens (tertiary/aromatic N) is 1. The van der Waals surface area contributed by atoms with Gasteiger partial charge in [-0.3, -0.25) is 19.3 Å². The van der Waals surface area contributed by atoms with E-state index >= 15 is 0 Å². The first-order chi connectivity index (χ1) is 11.7. The lowest BCUT2D eigenvalue weighted by molar-refractivity contribution is -0.121. The Bertz CT molecular complexity index is 673. The number of fused-ring (bicyclic) bond motifs is 1. The van der Waals surface area contributed by atoms with Crippen molar-refractivity contribution in [3.8, 4) is 0 Å². The molecular formula is C17H21N3O5. The Balaban J connectivity index is 1.76. The molecule has 0 atom stereocenters. The topological polar surface area (TPSA) is 105 Å². The molecule has 0 saturated carbocycles. The Labute approximate surface area is 145 Å². The summed E-state index contributed by atoms with van der Waals surface area (Å²) in [7, 11) is 0. The molecule has 134 valence electrons. The summed E-state index contributed by atoms with van der Waals surface area (Å²) >= 11 is 0. The normalized spacial score (nSPS) is 13.5. The zero-order valence-corrected chi connectivity index (χ0v) is 14.4. The molecule has 4 amide bonds. The minimum Gasteiger partial charge on any atom is -0.444 e. The van der Waals surface area contributed by atoms with Gasteiger partial charge >= 0.3 is 6.09 Å². The average Bonchev–Trinajstić information content (AvgIpc) is 2.75. The van der Waals surface area contributed by atoms with Gasteiger partial charge in [0, 0.05) is 13.1 Å². The summed E-state index contributed by atoms with van der Waals surface area (Å²) in [5.74, 6) is -1.45. The monoisotopic (exact) mass is 347 g/mol. The maximum Gasteiger partial charge on any atom is 0.407 e. The van der Waals surface area contributed by atoms with Gasteiger partial charge in [0.25, 0.3) is 11.8 Å². The molecule has 25 heavy (non-hydrogen) atoms. The van der Waals surface area contributed by atoms with Crippen LogP contribution in [0.25, 0.3) is 0 Å². The number of hydrogen-bond acceptors (Lipinski definition) is 5. The number of alkyl carbamates (subject to hydrolysis) is 1. The molecule has 0 fully saturated rings. The van der Waals surface area contributed by atoms with Crippen LogP contribution in [0.15, 0.2) is 24.3 Å². The molecule has 8 nitrogen and oxygen atoms in total. The molecule has 1 aliphatic rings. The SMILES string of the molecule is CC(C)(C)OC(=O)NCCNC(=O)CN1C(=O)c2ccccc2C1=O. The van der Waals surface area contributed by atoms with Crippen LogP contribution in [0.4, 0.5) is 4.79 Å². The van der Waals surface area contributed by atoms with Crippen molar-refractivity contribution in [3.63, 3.8) is 0 Å². The van der Waals surface area contributed by atoms with Crippen LogP contribution in [0.3, 0.4) is 0 Å². The number of imide groups is 1. The van der Waals surface area contributed by atoms with E-state index in [9.17, 15) is 19.2 Å². The van der Waals surface area contributed by atoms with E-state index in [1.54, 1.807) is 45.0 Å². The van der Waals surface area contributed by atoms with E-state index in [1.807, 2.05) is 0 Å². The van der Waals surface area contributed by atoms with Crippen molar-refractivity contribution in [2.75, 3.05) is 19.6 Å². The Kier molecular flexibility index (Phi) is 5.41. The molecule has 0 saturated heterocycles. The van der Waals surface area contributed by atoms with Gasteiger partial charge in [-0.2, -0.15) is 0 Å². The lowest BCUT2D eigenvalue weighted by atomic mass is 10.1. The molecule has 0 radical (unpaired) electrons. The summed E-state index contributed by atoms with van der Waals surface area (Å²) in [4.78, 5) is 48.6. The molecule has 1 heterocycles. The second-order valence-electron chi connectivity index (χ2n) is 6.52. The predicted molar refractivity (Wildman–Crippen MR) is 89.1 cm³/mol. The molecule has 1 aromatic carbocycles. The van der Waals surface area contributed by atoms with E-state index < -0.39 is 29.4 Å². The zero-order chi connectivity index (χ0) is 18.6. The van der Waals surface area contributed by atoms with Gasteiger partial charge in [0.05, 0.1) is 11.1 Å². The van der Waals surface area contributed by atoms with Crippen LogP contribution >= 0.6 is 0 Å². The summed E-state index contributed by atoms with van der Waals surface area (Å²) in [5, 5.41) is 5.04.